The molecule has 0 aliphatic rings. The number of nitrogens with two attached hydrogens (primary N) is 1. The molecular formula is C12H23N3O4. The van der Waals surface area contributed by atoms with Crippen LogP contribution in [0.15, 0.2) is 0 Å². The molecule has 2 amide bonds. The monoisotopic (exact) mass is 275 g/mol. The predicted octanol–water partition coefficient (Wildman–Crippen LogP) is -0.400. The van der Waals surface area contributed by atoms with Crippen LogP contribution in [0.1, 0.15) is 40.9 Å². The molecule has 0 spiro atoms. The van der Waals surface area contributed by atoms with Gasteiger partial charge in [0, 0.05) is 7.79 Å². The van der Waals surface area contributed by atoms with E-state index in [0.29, 0.717) is 24.6 Å². The highest BCUT2D eigenvalue weighted by atomic mass is 16.4. The standard InChI is InChI=1S/C12H23N3O4/c1-8(11(17)15-9(2)12(18)19)14-10(16)6-4-3-5-7-13/h8-9H,3-7,13H2,1-2H3,(H,14,16)(H,15,17)(H,18,19)/t8-,9-/m0/s1/i7D/hD/t7?,8-,9-. The third kappa shape index (κ3) is 8.15. The number of aliphatic carboxylic acids is 1. The van der Waals surface area contributed by atoms with Crippen molar-refractivity contribution < 1.29 is 22.3 Å². The van der Waals surface area contributed by atoms with Crippen LogP contribution in [0.4, 0.5) is 0 Å². The molecule has 0 aromatic heterocycles. The van der Waals surface area contributed by atoms with Gasteiger partial charge in [0.05, 0.1) is 0 Å². The summed E-state index contributed by atoms with van der Waals surface area (Å²) in [6, 6.07) is -2.15. The van der Waals surface area contributed by atoms with Crippen LogP contribution in [0, 0.1) is 0 Å². The van der Waals surface area contributed by atoms with Crippen molar-refractivity contribution >= 4 is 17.8 Å². The van der Waals surface area contributed by atoms with Crippen LogP contribution >= 0.6 is 0 Å². The van der Waals surface area contributed by atoms with E-state index in [2.05, 4.69) is 5.32 Å². The lowest BCUT2D eigenvalue weighted by atomic mass is 10.2. The molecule has 0 aliphatic heterocycles. The molecule has 110 valence electrons. The predicted molar refractivity (Wildman–Crippen MR) is 70.4 cm³/mol. The zero-order chi connectivity index (χ0) is 16.6. The normalized spacial score (nSPS) is 16.6. The highest BCUT2D eigenvalue weighted by Crippen LogP contribution is 1.99. The van der Waals surface area contributed by atoms with Gasteiger partial charge in [0.2, 0.25) is 11.8 Å². The summed E-state index contributed by atoms with van der Waals surface area (Å²) >= 11 is 0. The average molecular weight is 275 g/mol. The molecule has 7 nitrogen and oxygen atoms in total. The topological polar surface area (TPSA) is 122 Å². The van der Waals surface area contributed by atoms with Crippen molar-refractivity contribution in [2.75, 3.05) is 6.52 Å². The van der Waals surface area contributed by atoms with Crippen LogP contribution in [0.25, 0.3) is 0 Å². The summed E-state index contributed by atoms with van der Waals surface area (Å²) in [6.45, 7) is 1.98. The Morgan fingerprint density at radius 1 is 1.26 bits per heavy atom. The molecule has 0 rings (SSSR count). The van der Waals surface area contributed by atoms with Gasteiger partial charge in [0.1, 0.15) is 12.1 Å². The fourth-order valence-corrected chi connectivity index (χ4v) is 1.27. The van der Waals surface area contributed by atoms with E-state index in [0.717, 1.165) is 0 Å². The lowest BCUT2D eigenvalue weighted by molar-refractivity contribution is -0.141. The number of carboxylic acids is 1. The average Bonchev–Trinajstić information content (AvgIpc) is 2.40. The van der Waals surface area contributed by atoms with Gasteiger partial charge in [-0.25, -0.2) is 0 Å². The van der Waals surface area contributed by atoms with Crippen molar-refractivity contribution in [3.8, 4) is 0 Å². The molecule has 0 radical (unpaired) electrons. The maximum atomic E-state index is 11.7. The van der Waals surface area contributed by atoms with E-state index in [-0.39, 0.29) is 6.42 Å². The van der Waals surface area contributed by atoms with Crippen LogP contribution < -0.4 is 16.4 Å². The van der Waals surface area contributed by atoms with Crippen LogP contribution in [-0.4, -0.2) is 41.5 Å². The highest BCUT2D eigenvalue weighted by molar-refractivity contribution is 5.89. The van der Waals surface area contributed by atoms with Gasteiger partial charge < -0.3 is 21.5 Å². The summed E-state index contributed by atoms with van der Waals surface area (Å²) in [5.74, 6) is -2.41. The molecule has 7 heteroatoms. The quantitative estimate of drug-likeness (QED) is 0.427. The minimum atomic E-state index is -1.19. The first-order chi connectivity index (χ1) is 9.66. The minimum Gasteiger partial charge on any atom is -0.480 e. The molecule has 3 atom stereocenters. The van der Waals surface area contributed by atoms with Gasteiger partial charge in [-0.3, -0.25) is 14.4 Å². The van der Waals surface area contributed by atoms with Crippen molar-refractivity contribution in [2.45, 2.75) is 51.6 Å². The molecule has 0 saturated heterocycles. The second kappa shape index (κ2) is 9.32. The summed E-state index contributed by atoms with van der Waals surface area (Å²) in [7, 11) is 0. The van der Waals surface area contributed by atoms with Gasteiger partial charge >= 0.3 is 5.97 Å². The molecule has 0 fully saturated rings. The summed E-state index contributed by atoms with van der Waals surface area (Å²) < 4.78 is 14.7. The third-order valence-electron chi connectivity index (χ3n) is 2.46. The number of unbranched alkanes of at least 4 members (excludes halogenated alkanes) is 1. The fraction of sp³-hybridized carbons (Fsp3) is 0.750. The van der Waals surface area contributed by atoms with Crippen LogP contribution in [-0.2, 0) is 14.4 Å². The van der Waals surface area contributed by atoms with E-state index in [9.17, 15) is 14.4 Å². The van der Waals surface area contributed by atoms with E-state index in [1.165, 1.54) is 13.8 Å². The van der Waals surface area contributed by atoms with Gasteiger partial charge in [0.15, 0.2) is 1.41 Å². The molecule has 0 heterocycles. The molecule has 0 saturated carbocycles. The van der Waals surface area contributed by atoms with Crippen LogP contribution in [0.5, 0.6) is 0 Å². The van der Waals surface area contributed by atoms with Gasteiger partial charge in [-0.15, -0.1) is 0 Å². The van der Waals surface area contributed by atoms with Gasteiger partial charge in [0.25, 0.3) is 0 Å². The van der Waals surface area contributed by atoms with Crippen LogP contribution in [0.3, 0.4) is 0 Å². The molecule has 0 aromatic rings. The highest BCUT2D eigenvalue weighted by Gasteiger charge is 2.19. The molecule has 0 aromatic carbocycles. The number of rotatable bonds is 9. The first kappa shape index (κ1) is 13.8. The number of hydrogen-bond donors (Lipinski definition) is 4. The number of hydrogen-bond acceptors (Lipinski definition) is 4. The Kier molecular flexibility index (Phi) is 6.77. The number of carbonyl (C=O) groups is 3. The van der Waals surface area contributed by atoms with Crippen molar-refractivity contribution in [1.29, 1.82) is 0 Å². The zero-order valence-corrected chi connectivity index (χ0v) is 11.3. The van der Waals surface area contributed by atoms with Crippen molar-refractivity contribution in [3.63, 3.8) is 0 Å². The Bertz CT molecular complexity index is 380. The van der Waals surface area contributed by atoms with E-state index in [4.69, 9.17) is 13.6 Å². The maximum Gasteiger partial charge on any atom is 0.325 e. The number of nitrogens with one attached hydrogen (secondary N) is 2. The van der Waals surface area contributed by atoms with Crippen LogP contribution in [0.2, 0.25) is 1.41 Å². The van der Waals surface area contributed by atoms with Crippen molar-refractivity contribution in [2.24, 2.45) is 5.73 Å². The summed E-state index contributed by atoms with van der Waals surface area (Å²) in [4.78, 5) is 34.0. The van der Waals surface area contributed by atoms with E-state index >= 15 is 0 Å². The van der Waals surface area contributed by atoms with Gasteiger partial charge in [-0.1, -0.05) is 6.42 Å². The van der Waals surface area contributed by atoms with Crippen molar-refractivity contribution in [3.05, 3.63) is 0 Å². The van der Waals surface area contributed by atoms with Crippen molar-refractivity contribution in [1.82, 2.24) is 10.6 Å². The summed E-state index contributed by atoms with van der Waals surface area (Å²) in [6.07, 6.45) is 1.64. The van der Waals surface area contributed by atoms with Gasteiger partial charge in [-0.2, -0.15) is 0 Å². The summed E-state index contributed by atoms with van der Waals surface area (Å²) in [5.41, 5.74) is 5.26. The molecule has 19 heavy (non-hydrogen) atoms. The fourth-order valence-electron chi connectivity index (χ4n) is 1.27. The summed E-state index contributed by atoms with van der Waals surface area (Å²) in [5, 5.41) is 11.4. The molecule has 1 unspecified atom stereocenters. The molecule has 0 aliphatic carbocycles. The van der Waals surface area contributed by atoms with E-state index in [1.807, 2.05) is 0 Å². The largest absolute Gasteiger partial charge is 0.480 e. The molecule has 5 N–H and O–H groups in total. The first-order valence-corrected chi connectivity index (χ1v) is 6.18. The second-order valence-electron chi connectivity index (χ2n) is 4.25. The number of carboxylic acid groups (broad SMARTS) is 1. The number of amides is 2. The van der Waals surface area contributed by atoms with Gasteiger partial charge in [-0.05, 0) is 33.2 Å². The lowest BCUT2D eigenvalue weighted by Crippen LogP contribution is -2.49. The zero-order valence-electron chi connectivity index (χ0n) is 13.3. The number of carbonyl (C=O) groups excluding carboxylic acids is 2. The lowest BCUT2D eigenvalue weighted by Gasteiger charge is -2.16. The van der Waals surface area contributed by atoms with E-state index < -0.39 is 36.4 Å². The van der Waals surface area contributed by atoms with E-state index in [1.54, 1.807) is 0 Å². The molecular weight excluding hydrogens is 250 g/mol. The Balaban J connectivity index is 4.23. The minimum absolute atomic E-state index is 0.0856. The SMILES string of the molecule is [2H]C(N)CCCCC(=O)N([2H])[C@@H](C)C(=O)N[C@@H](C)C(=O)O. The third-order valence-corrected chi connectivity index (χ3v) is 2.46. The Hall–Kier alpha value is -1.63. The smallest absolute Gasteiger partial charge is 0.325 e. The maximum absolute atomic E-state index is 11.7. The Morgan fingerprint density at radius 3 is 2.42 bits per heavy atom. The Labute approximate surface area is 115 Å². The Morgan fingerprint density at radius 2 is 1.89 bits per heavy atom. The second-order valence-corrected chi connectivity index (χ2v) is 4.25. The molecule has 0 bridgehead atoms. The first-order valence-electron chi connectivity index (χ1n) is 7.21.